The molecule has 5 atom stereocenters. The topological polar surface area (TPSA) is 26.0 Å². The Kier molecular flexibility index (Phi) is 2.93. The lowest BCUT2D eigenvalue weighted by Gasteiger charge is -2.55. The molecule has 0 aromatic heterocycles. The number of nitrogens with two attached hydrogens (primary N) is 1. The van der Waals surface area contributed by atoms with E-state index in [-0.39, 0.29) is 0 Å². The Morgan fingerprint density at radius 1 is 1.20 bits per heavy atom. The van der Waals surface area contributed by atoms with Crippen LogP contribution in [0.1, 0.15) is 58.3 Å². The van der Waals surface area contributed by atoms with E-state index in [9.17, 15) is 0 Å². The first-order valence-electron chi connectivity index (χ1n) is 8.77. The highest BCUT2D eigenvalue weighted by Crippen LogP contribution is 2.63. The van der Waals surface area contributed by atoms with Crippen molar-refractivity contribution in [3.8, 4) is 0 Å². The van der Waals surface area contributed by atoms with Crippen molar-refractivity contribution in [3.63, 3.8) is 0 Å². The summed E-state index contributed by atoms with van der Waals surface area (Å²) in [5.74, 6) is 2.54. The van der Waals surface area contributed by atoms with Crippen molar-refractivity contribution in [1.82, 2.24) is 0 Å². The van der Waals surface area contributed by atoms with Crippen LogP contribution >= 0.6 is 0 Å². The average Bonchev–Trinajstić information content (AvgIpc) is 2.91. The van der Waals surface area contributed by atoms with E-state index in [1.807, 2.05) is 5.57 Å². The third-order valence-electron chi connectivity index (χ3n) is 7.48. The van der Waals surface area contributed by atoms with Crippen molar-refractivity contribution in [2.24, 2.45) is 34.3 Å². The number of rotatable bonds is 1. The quantitative estimate of drug-likeness (QED) is 0.701. The molecule has 1 nitrogen and oxygen atoms in total. The van der Waals surface area contributed by atoms with Crippen LogP contribution in [-0.2, 0) is 0 Å². The van der Waals surface area contributed by atoms with E-state index in [0.717, 1.165) is 24.3 Å². The van der Waals surface area contributed by atoms with E-state index < -0.39 is 0 Å². The van der Waals surface area contributed by atoms with Crippen LogP contribution in [0.25, 0.3) is 0 Å². The molecular formula is C19H29N. The largest absolute Gasteiger partial charge is 0.330 e. The average molecular weight is 271 g/mol. The zero-order valence-electron chi connectivity index (χ0n) is 12.9. The van der Waals surface area contributed by atoms with Gasteiger partial charge in [-0.25, -0.2) is 0 Å². The van der Waals surface area contributed by atoms with E-state index in [4.69, 9.17) is 5.73 Å². The molecule has 1 unspecified atom stereocenters. The summed E-state index contributed by atoms with van der Waals surface area (Å²) in [4.78, 5) is 0. The molecule has 4 aliphatic carbocycles. The van der Waals surface area contributed by atoms with Gasteiger partial charge in [-0.2, -0.15) is 0 Å². The first kappa shape index (κ1) is 13.1. The molecule has 0 radical (unpaired) electrons. The fourth-order valence-corrected chi connectivity index (χ4v) is 6.23. The van der Waals surface area contributed by atoms with Gasteiger partial charge in [0.25, 0.3) is 0 Å². The SMILES string of the molecule is C[C@]12C=CCCC1CC=C1[C@@H]3CCC[C@@]3(CN)CC[C@@H]12. The Morgan fingerprint density at radius 3 is 2.95 bits per heavy atom. The number of allylic oxidation sites excluding steroid dienone is 4. The summed E-state index contributed by atoms with van der Waals surface area (Å²) in [5.41, 5.74) is 8.97. The fraction of sp³-hybridized carbons (Fsp3) is 0.789. The van der Waals surface area contributed by atoms with Crippen LogP contribution in [0.4, 0.5) is 0 Å². The fourth-order valence-electron chi connectivity index (χ4n) is 6.23. The molecule has 0 aromatic rings. The molecule has 20 heavy (non-hydrogen) atoms. The van der Waals surface area contributed by atoms with Crippen LogP contribution in [0.15, 0.2) is 23.8 Å². The highest BCUT2D eigenvalue weighted by molar-refractivity contribution is 5.30. The molecular weight excluding hydrogens is 242 g/mol. The lowest BCUT2D eigenvalue weighted by molar-refractivity contribution is 0.0619. The van der Waals surface area contributed by atoms with Gasteiger partial charge in [-0.05, 0) is 80.1 Å². The van der Waals surface area contributed by atoms with Crippen LogP contribution < -0.4 is 5.73 Å². The normalized spacial score (nSPS) is 50.1. The molecule has 0 aliphatic heterocycles. The van der Waals surface area contributed by atoms with Gasteiger partial charge in [0.2, 0.25) is 0 Å². The predicted octanol–water partition coefficient (Wildman–Crippen LogP) is 4.44. The van der Waals surface area contributed by atoms with Gasteiger partial charge in [0, 0.05) is 0 Å². The predicted molar refractivity (Wildman–Crippen MR) is 84.2 cm³/mol. The maximum atomic E-state index is 6.22. The van der Waals surface area contributed by atoms with Crippen molar-refractivity contribution in [2.75, 3.05) is 6.54 Å². The van der Waals surface area contributed by atoms with Gasteiger partial charge >= 0.3 is 0 Å². The molecule has 2 N–H and O–H groups in total. The Balaban J connectivity index is 1.73. The van der Waals surface area contributed by atoms with Gasteiger partial charge in [-0.15, -0.1) is 0 Å². The maximum Gasteiger partial charge on any atom is -0.00148 e. The van der Waals surface area contributed by atoms with Crippen molar-refractivity contribution in [3.05, 3.63) is 23.8 Å². The first-order chi connectivity index (χ1) is 9.70. The molecule has 1 heteroatoms. The van der Waals surface area contributed by atoms with Gasteiger partial charge < -0.3 is 5.73 Å². The van der Waals surface area contributed by atoms with Crippen LogP contribution in [-0.4, -0.2) is 6.54 Å². The van der Waals surface area contributed by atoms with Crippen LogP contribution in [0.5, 0.6) is 0 Å². The van der Waals surface area contributed by atoms with Crippen LogP contribution in [0.3, 0.4) is 0 Å². The van der Waals surface area contributed by atoms with Crippen molar-refractivity contribution >= 4 is 0 Å². The third-order valence-corrected chi connectivity index (χ3v) is 7.48. The van der Waals surface area contributed by atoms with Gasteiger partial charge in [0.1, 0.15) is 0 Å². The summed E-state index contributed by atoms with van der Waals surface area (Å²) in [6.45, 7) is 3.47. The van der Waals surface area contributed by atoms with Crippen molar-refractivity contribution < 1.29 is 0 Å². The monoisotopic (exact) mass is 271 g/mol. The molecule has 2 saturated carbocycles. The summed E-state index contributed by atoms with van der Waals surface area (Å²) in [6, 6.07) is 0. The Bertz CT molecular complexity index is 462. The number of fused-ring (bicyclic) bond motifs is 5. The minimum atomic E-state index is 0.450. The second kappa shape index (κ2) is 4.47. The highest BCUT2D eigenvalue weighted by Gasteiger charge is 2.54. The molecule has 0 amide bonds. The molecule has 4 aliphatic rings. The molecule has 2 fully saturated rings. The minimum absolute atomic E-state index is 0.450. The summed E-state index contributed by atoms with van der Waals surface area (Å²) in [6.07, 6.45) is 18.7. The standard InChI is InChI=1S/C19H29N/c1-18-10-3-2-5-14(18)7-8-15-16(18)9-12-19(13-20)11-4-6-17(15)19/h3,8,10,14,16-17H,2,4-7,9,11-13,20H2,1H3/t14?,16-,17-,18-,19-/m0/s1. The smallest absolute Gasteiger partial charge is 0.00148 e. The van der Waals surface area contributed by atoms with E-state index >= 15 is 0 Å². The van der Waals surface area contributed by atoms with Crippen molar-refractivity contribution in [2.45, 2.75) is 58.3 Å². The minimum Gasteiger partial charge on any atom is -0.330 e. The van der Waals surface area contributed by atoms with E-state index in [2.05, 4.69) is 25.2 Å². The van der Waals surface area contributed by atoms with E-state index in [1.165, 1.54) is 51.4 Å². The lowest BCUT2D eigenvalue weighted by atomic mass is 9.50. The summed E-state index contributed by atoms with van der Waals surface area (Å²) >= 11 is 0. The molecule has 0 heterocycles. The number of hydrogen-bond acceptors (Lipinski definition) is 1. The summed E-state index contributed by atoms with van der Waals surface area (Å²) in [7, 11) is 0. The van der Waals surface area contributed by atoms with Gasteiger partial charge in [0.05, 0.1) is 0 Å². The summed E-state index contributed by atoms with van der Waals surface area (Å²) < 4.78 is 0. The zero-order chi connectivity index (χ0) is 13.8. The Hall–Kier alpha value is -0.560. The van der Waals surface area contributed by atoms with Crippen molar-refractivity contribution in [1.29, 1.82) is 0 Å². The van der Waals surface area contributed by atoms with Crippen LogP contribution in [0, 0.1) is 28.6 Å². The Morgan fingerprint density at radius 2 is 2.10 bits per heavy atom. The summed E-state index contributed by atoms with van der Waals surface area (Å²) in [5, 5.41) is 0. The number of hydrogen-bond donors (Lipinski definition) is 1. The maximum absolute atomic E-state index is 6.22. The first-order valence-corrected chi connectivity index (χ1v) is 8.77. The second-order valence-electron chi connectivity index (χ2n) is 8.09. The molecule has 0 saturated heterocycles. The molecule has 4 rings (SSSR count). The van der Waals surface area contributed by atoms with Gasteiger partial charge in [0.15, 0.2) is 0 Å². The van der Waals surface area contributed by atoms with E-state index in [0.29, 0.717) is 10.8 Å². The lowest BCUT2D eigenvalue weighted by Crippen LogP contribution is -2.48. The zero-order valence-corrected chi connectivity index (χ0v) is 12.9. The third kappa shape index (κ3) is 1.59. The highest BCUT2D eigenvalue weighted by atomic mass is 14.7. The second-order valence-corrected chi connectivity index (χ2v) is 8.09. The molecule has 0 spiro atoms. The molecule has 0 bridgehead atoms. The van der Waals surface area contributed by atoms with Crippen LogP contribution in [0.2, 0.25) is 0 Å². The molecule has 110 valence electrons. The Labute approximate surface area is 123 Å². The van der Waals surface area contributed by atoms with Gasteiger partial charge in [-0.3, -0.25) is 0 Å². The van der Waals surface area contributed by atoms with Gasteiger partial charge in [-0.1, -0.05) is 37.1 Å². The van der Waals surface area contributed by atoms with E-state index in [1.54, 1.807) is 0 Å². The molecule has 0 aromatic carbocycles.